The van der Waals surface area contributed by atoms with Gasteiger partial charge in [-0.05, 0) is 69.2 Å². The van der Waals surface area contributed by atoms with Gasteiger partial charge in [0.05, 0.1) is 0 Å². The lowest BCUT2D eigenvalue weighted by Gasteiger charge is -2.12. The van der Waals surface area contributed by atoms with E-state index in [9.17, 15) is 4.79 Å². The van der Waals surface area contributed by atoms with Crippen molar-refractivity contribution in [2.45, 2.75) is 27.7 Å². The van der Waals surface area contributed by atoms with Crippen molar-refractivity contribution in [1.29, 1.82) is 0 Å². The van der Waals surface area contributed by atoms with Gasteiger partial charge in [0.25, 0.3) is 0 Å². The third-order valence-electron chi connectivity index (χ3n) is 4.27. The summed E-state index contributed by atoms with van der Waals surface area (Å²) in [5.41, 5.74) is 5.79. The molecule has 1 heterocycles. The molecule has 5 nitrogen and oxygen atoms in total. The second kappa shape index (κ2) is 7.35. The lowest BCUT2D eigenvalue weighted by Crippen LogP contribution is -2.03. The number of hydrogen-bond donors (Lipinski definition) is 2. The molecule has 0 unspecified atom stereocenters. The molecule has 0 radical (unpaired) electrons. The molecule has 0 fully saturated rings. The molecule has 26 heavy (non-hydrogen) atoms. The Morgan fingerprint density at radius 1 is 0.923 bits per heavy atom. The average molecular weight is 346 g/mol. The molecule has 2 N–H and O–H groups in total. The molecule has 1 aromatic heterocycles. The van der Waals surface area contributed by atoms with Crippen LogP contribution in [0.1, 0.15) is 34.1 Å². The molecule has 0 aliphatic rings. The van der Waals surface area contributed by atoms with E-state index in [4.69, 9.17) is 0 Å². The summed E-state index contributed by atoms with van der Waals surface area (Å²) < 4.78 is 0. The van der Waals surface area contributed by atoms with Gasteiger partial charge in [0.2, 0.25) is 5.95 Å². The molecule has 0 bridgehead atoms. The van der Waals surface area contributed by atoms with Crippen LogP contribution in [-0.2, 0) is 0 Å². The van der Waals surface area contributed by atoms with Gasteiger partial charge in [0.15, 0.2) is 5.78 Å². The van der Waals surface area contributed by atoms with E-state index in [1.165, 1.54) is 11.1 Å². The van der Waals surface area contributed by atoms with Gasteiger partial charge in [-0.1, -0.05) is 12.1 Å². The summed E-state index contributed by atoms with van der Waals surface area (Å²) >= 11 is 0. The van der Waals surface area contributed by atoms with Gasteiger partial charge >= 0.3 is 0 Å². The normalized spacial score (nSPS) is 10.5. The van der Waals surface area contributed by atoms with Crippen LogP contribution in [0.3, 0.4) is 0 Å². The Kier molecular flexibility index (Phi) is 4.98. The van der Waals surface area contributed by atoms with Gasteiger partial charge in [-0.3, -0.25) is 4.79 Å². The lowest BCUT2D eigenvalue weighted by atomic mass is 10.1. The molecule has 0 amide bonds. The number of carbonyl (C=O) groups excluding carboxylic acids is 1. The SMILES string of the molecule is CC(=O)c1ccc(Nc2cc(C)nc(Nc3cccc(C)c3C)n2)cc1. The number of anilines is 4. The zero-order valence-corrected chi connectivity index (χ0v) is 15.4. The van der Waals surface area contributed by atoms with Crippen molar-refractivity contribution in [2.75, 3.05) is 10.6 Å². The van der Waals surface area contributed by atoms with Gasteiger partial charge in [0, 0.05) is 28.7 Å². The Hall–Kier alpha value is -3.21. The first-order valence-electron chi connectivity index (χ1n) is 8.49. The summed E-state index contributed by atoms with van der Waals surface area (Å²) in [7, 11) is 0. The number of hydrogen-bond acceptors (Lipinski definition) is 5. The van der Waals surface area contributed by atoms with E-state index >= 15 is 0 Å². The fourth-order valence-corrected chi connectivity index (χ4v) is 2.63. The number of ketones is 1. The molecular weight excluding hydrogens is 324 g/mol. The molecular formula is C21H22N4O. The van der Waals surface area contributed by atoms with Crippen LogP contribution >= 0.6 is 0 Å². The summed E-state index contributed by atoms with van der Waals surface area (Å²) in [6.45, 7) is 7.64. The maximum atomic E-state index is 11.4. The van der Waals surface area contributed by atoms with Crippen molar-refractivity contribution in [3.8, 4) is 0 Å². The van der Waals surface area contributed by atoms with Crippen LogP contribution in [0.2, 0.25) is 0 Å². The van der Waals surface area contributed by atoms with Crippen molar-refractivity contribution in [3.63, 3.8) is 0 Å². The third-order valence-corrected chi connectivity index (χ3v) is 4.27. The van der Waals surface area contributed by atoms with Gasteiger partial charge in [0.1, 0.15) is 5.82 Å². The van der Waals surface area contributed by atoms with E-state index < -0.39 is 0 Å². The van der Waals surface area contributed by atoms with Crippen molar-refractivity contribution >= 4 is 28.9 Å². The quantitative estimate of drug-likeness (QED) is 0.630. The molecule has 0 aliphatic heterocycles. The first-order chi connectivity index (χ1) is 12.4. The second-order valence-electron chi connectivity index (χ2n) is 6.35. The summed E-state index contributed by atoms with van der Waals surface area (Å²) in [4.78, 5) is 20.4. The zero-order valence-electron chi connectivity index (χ0n) is 15.4. The number of benzene rings is 2. The first-order valence-corrected chi connectivity index (χ1v) is 8.49. The smallest absolute Gasteiger partial charge is 0.229 e. The number of aryl methyl sites for hydroxylation is 2. The highest BCUT2D eigenvalue weighted by molar-refractivity contribution is 5.94. The number of aromatic nitrogens is 2. The van der Waals surface area contributed by atoms with E-state index in [2.05, 4.69) is 40.5 Å². The standard InChI is InChI=1S/C21H22N4O/c1-13-6-5-7-19(15(13)3)24-21-22-14(2)12-20(25-21)23-18-10-8-17(9-11-18)16(4)26/h5-12H,1-4H3,(H2,22,23,24,25). The number of rotatable bonds is 5. The Morgan fingerprint density at radius 3 is 2.35 bits per heavy atom. The van der Waals surface area contributed by atoms with Crippen molar-refractivity contribution in [1.82, 2.24) is 9.97 Å². The molecule has 0 spiro atoms. The summed E-state index contributed by atoms with van der Waals surface area (Å²) in [5.74, 6) is 1.29. The Bertz CT molecular complexity index is 949. The topological polar surface area (TPSA) is 66.9 Å². The molecule has 0 aliphatic carbocycles. The van der Waals surface area contributed by atoms with E-state index in [0.29, 0.717) is 17.3 Å². The van der Waals surface area contributed by atoms with Gasteiger partial charge in [-0.25, -0.2) is 4.98 Å². The van der Waals surface area contributed by atoms with E-state index in [1.54, 1.807) is 19.1 Å². The maximum Gasteiger partial charge on any atom is 0.229 e. The van der Waals surface area contributed by atoms with Crippen LogP contribution in [0.25, 0.3) is 0 Å². The number of carbonyl (C=O) groups is 1. The fraction of sp³-hybridized carbons (Fsp3) is 0.190. The van der Waals surface area contributed by atoms with Crippen LogP contribution < -0.4 is 10.6 Å². The van der Waals surface area contributed by atoms with E-state index in [-0.39, 0.29) is 5.78 Å². The number of nitrogens with one attached hydrogen (secondary N) is 2. The van der Waals surface area contributed by atoms with Crippen molar-refractivity contribution in [2.24, 2.45) is 0 Å². The minimum atomic E-state index is 0.0504. The minimum Gasteiger partial charge on any atom is -0.340 e. The predicted molar refractivity (Wildman–Crippen MR) is 106 cm³/mol. The zero-order chi connectivity index (χ0) is 18.7. The molecule has 3 rings (SSSR count). The number of nitrogens with zero attached hydrogens (tertiary/aromatic N) is 2. The van der Waals surface area contributed by atoms with Gasteiger partial charge < -0.3 is 10.6 Å². The van der Waals surface area contributed by atoms with Crippen LogP contribution in [0.15, 0.2) is 48.5 Å². The van der Waals surface area contributed by atoms with Crippen LogP contribution in [0, 0.1) is 20.8 Å². The van der Waals surface area contributed by atoms with E-state index in [1.807, 2.05) is 37.3 Å². The van der Waals surface area contributed by atoms with Crippen LogP contribution in [0.5, 0.6) is 0 Å². The van der Waals surface area contributed by atoms with Crippen molar-refractivity contribution < 1.29 is 4.79 Å². The Balaban J connectivity index is 1.83. The predicted octanol–water partition coefficient (Wildman–Crippen LogP) is 5.09. The van der Waals surface area contributed by atoms with Crippen molar-refractivity contribution in [3.05, 3.63) is 70.9 Å². The fourth-order valence-electron chi connectivity index (χ4n) is 2.63. The maximum absolute atomic E-state index is 11.4. The van der Waals surface area contributed by atoms with Gasteiger partial charge in [-0.2, -0.15) is 4.98 Å². The summed E-state index contributed by atoms with van der Waals surface area (Å²) in [5, 5.41) is 6.56. The first kappa shape index (κ1) is 17.6. The highest BCUT2D eigenvalue weighted by atomic mass is 16.1. The Labute approximate surface area is 153 Å². The number of Topliss-reactive ketones (excluding diaryl/α,β-unsaturated/α-hetero) is 1. The highest BCUT2D eigenvalue weighted by Crippen LogP contribution is 2.23. The lowest BCUT2D eigenvalue weighted by molar-refractivity contribution is 0.101. The second-order valence-corrected chi connectivity index (χ2v) is 6.35. The van der Waals surface area contributed by atoms with Crippen LogP contribution in [0.4, 0.5) is 23.1 Å². The molecule has 3 aromatic rings. The minimum absolute atomic E-state index is 0.0504. The largest absolute Gasteiger partial charge is 0.340 e. The average Bonchev–Trinajstić information content (AvgIpc) is 2.59. The monoisotopic (exact) mass is 346 g/mol. The molecule has 132 valence electrons. The molecule has 0 saturated heterocycles. The Morgan fingerprint density at radius 2 is 1.65 bits per heavy atom. The van der Waals surface area contributed by atoms with Gasteiger partial charge in [-0.15, -0.1) is 0 Å². The third kappa shape index (κ3) is 4.06. The highest BCUT2D eigenvalue weighted by Gasteiger charge is 2.07. The molecule has 5 heteroatoms. The van der Waals surface area contributed by atoms with Crippen LogP contribution in [-0.4, -0.2) is 15.8 Å². The molecule has 0 atom stereocenters. The molecule has 2 aromatic carbocycles. The summed E-state index contributed by atoms with van der Waals surface area (Å²) in [6, 6.07) is 15.3. The van der Waals surface area contributed by atoms with E-state index in [0.717, 1.165) is 17.1 Å². The summed E-state index contributed by atoms with van der Waals surface area (Å²) in [6.07, 6.45) is 0. The molecule has 0 saturated carbocycles.